The number of fused-ring (bicyclic) bond motifs is 4. The van der Waals surface area contributed by atoms with Crippen LogP contribution in [0.15, 0.2) is 66.7 Å². The van der Waals surface area contributed by atoms with Crippen LogP contribution in [0.3, 0.4) is 0 Å². The zero-order valence-electron chi connectivity index (χ0n) is 31.6. The summed E-state index contributed by atoms with van der Waals surface area (Å²) in [5.74, 6) is 0.0210. The van der Waals surface area contributed by atoms with Gasteiger partial charge in [0.15, 0.2) is 0 Å². The number of carbonyl (C=O) groups excluding carboxylic acids is 3. The summed E-state index contributed by atoms with van der Waals surface area (Å²) in [7, 11) is 7.16. The van der Waals surface area contributed by atoms with Gasteiger partial charge in [-0.05, 0) is 94.4 Å². The molecule has 1 aliphatic carbocycles. The third-order valence-electron chi connectivity index (χ3n) is 10.4. The van der Waals surface area contributed by atoms with Crippen molar-refractivity contribution >= 4 is 51.4 Å². The number of benzene rings is 3. The zero-order valence-corrected chi connectivity index (χ0v) is 31.6. The maximum Gasteiger partial charge on any atom is 0.415 e. The summed E-state index contributed by atoms with van der Waals surface area (Å²) >= 11 is 0. The molecule has 4 aromatic rings. The molecule has 1 unspecified atom stereocenters. The molecule has 286 valence electrons. The van der Waals surface area contributed by atoms with Crippen molar-refractivity contribution in [3.63, 3.8) is 0 Å². The van der Waals surface area contributed by atoms with Crippen molar-refractivity contribution in [2.45, 2.75) is 45.1 Å². The van der Waals surface area contributed by atoms with Crippen molar-refractivity contribution < 1.29 is 38.5 Å². The molecule has 6 rings (SSSR count). The van der Waals surface area contributed by atoms with Crippen molar-refractivity contribution in [1.29, 1.82) is 0 Å². The van der Waals surface area contributed by atoms with E-state index in [1.165, 1.54) is 9.80 Å². The van der Waals surface area contributed by atoms with E-state index in [1.807, 2.05) is 79.7 Å². The van der Waals surface area contributed by atoms with Crippen LogP contribution in [0, 0.1) is 5.41 Å². The molecule has 3 aromatic carbocycles. The largest absolute Gasteiger partial charge is 0.492 e. The molecular formula is C41H49N5O8. The average Bonchev–Trinajstić information content (AvgIpc) is 3.77. The second kappa shape index (κ2) is 16.2. The number of allylic oxidation sites excluding steroid dienone is 1. The number of hydrogen-bond acceptors (Lipinski definition) is 8. The number of carboxylic acid groups (broad SMARTS) is 1. The SMILES string of the molecule is CN(C)CCOc1ccc2[nH]c(C(=O)N3CCc4c3cc(OC(=O)N(C)CCN(C)C(=O)OC3/C=C/CC[C@@](C)(C(=O)O)CC3)c3ccccc43)cc2c1. The van der Waals surface area contributed by atoms with Gasteiger partial charge in [0.25, 0.3) is 5.91 Å². The van der Waals surface area contributed by atoms with Crippen LogP contribution in [0.1, 0.15) is 48.7 Å². The Hall–Kier alpha value is -5.56. The number of hydrogen-bond donors (Lipinski definition) is 2. The lowest BCUT2D eigenvalue weighted by Gasteiger charge is -2.29. The first-order valence-electron chi connectivity index (χ1n) is 18.3. The number of ether oxygens (including phenoxy) is 3. The van der Waals surface area contributed by atoms with E-state index < -0.39 is 29.7 Å². The molecule has 1 aromatic heterocycles. The summed E-state index contributed by atoms with van der Waals surface area (Å²) in [5.41, 5.74) is 2.09. The van der Waals surface area contributed by atoms with Crippen molar-refractivity contribution in [2.24, 2.45) is 5.41 Å². The molecule has 0 spiro atoms. The van der Waals surface area contributed by atoms with Gasteiger partial charge in [0.05, 0.1) is 11.1 Å². The number of aliphatic carboxylic acids is 1. The Morgan fingerprint density at radius 1 is 0.926 bits per heavy atom. The van der Waals surface area contributed by atoms with E-state index in [1.54, 1.807) is 32.0 Å². The number of anilines is 1. The molecule has 54 heavy (non-hydrogen) atoms. The van der Waals surface area contributed by atoms with E-state index in [4.69, 9.17) is 14.2 Å². The molecular weight excluding hydrogens is 690 g/mol. The fourth-order valence-electron chi connectivity index (χ4n) is 6.86. The molecule has 2 atom stereocenters. The van der Waals surface area contributed by atoms with Gasteiger partial charge in [-0.2, -0.15) is 0 Å². The minimum absolute atomic E-state index is 0.165. The number of likely N-dealkylation sites (N-methyl/N-ethyl adjacent to an activating group) is 3. The Morgan fingerprint density at radius 2 is 1.67 bits per heavy atom. The van der Waals surface area contributed by atoms with Crippen molar-refractivity contribution in [1.82, 2.24) is 19.7 Å². The monoisotopic (exact) mass is 739 g/mol. The van der Waals surface area contributed by atoms with Gasteiger partial charge in [-0.15, -0.1) is 0 Å². The van der Waals surface area contributed by atoms with Gasteiger partial charge < -0.3 is 43.9 Å². The van der Waals surface area contributed by atoms with Gasteiger partial charge in [-0.1, -0.05) is 30.3 Å². The first-order valence-corrected chi connectivity index (χ1v) is 18.3. The summed E-state index contributed by atoms with van der Waals surface area (Å²) in [6.07, 6.45) is 4.51. The number of aromatic amines is 1. The quantitative estimate of drug-likeness (QED) is 0.164. The Labute approximate surface area is 315 Å². The standard InChI is InChI=1S/C41H49N5O8/c1-41(38(48)49)17-9-8-10-28(15-18-41)53-39(50)44(4)20-21-45(5)40(51)54-36-26-35-31(30-11-6-7-12-32(30)36)16-19-46(35)37(47)34-25-27-24-29(13-14-33(27)42-34)52-23-22-43(2)3/h6-8,10-14,24-26,28,42H,9,15-23H2,1-5H3,(H,48,49)/b10-8+/t28?,41-/m1/s1. The molecule has 1 aliphatic heterocycles. The van der Waals surface area contributed by atoms with Crippen LogP contribution in [0.5, 0.6) is 11.5 Å². The lowest BCUT2D eigenvalue weighted by molar-refractivity contribution is -0.149. The Bertz CT molecular complexity index is 2080. The van der Waals surface area contributed by atoms with Crippen LogP contribution < -0.4 is 14.4 Å². The highest BCUT2D eigenvalue weighted by molar-refractivity contribution is 6.11. The third kappa shape index (κ3) is 8.46. The molecule has 0 saturated carbocycles. The smallest absolute Gasteiger partial charge is 0.415 e. The second-order valence-corrected chi connectivity index (χ2v) is 14.7. The number of rotatable bonds is 11. The number of carbonyl (C=O) groups is 4. The first-order chi connectivity index (χ1) is 25.8. The Balaban J connectivity index is 1.11. The summed E-state index contributed by atoms with van der Waals surface area (Å²) in [6, 6.07) is 17.0. The maximum atomic E-state index is 14.0. The van der Waals surface area contributed by atoms with E-state index in [-0.39, 0.29) is 19.0 Å². The normalized spacial score (nSPS) is 18.9. The molecule has 13 nitrogen and oxygen atoms in total. The number of nitrogens with zero attached hydrogens (tertiary/aromatic N) is 4. The van der Waals surface area contributed by atoms with E-state index in [9.17, 15) is 24.3 Å². The van der Waals surface area contributed by atoms with Gasteiger partial charge in [-0.3, -0.25) is 9.59 Å². The van der Waals surface area contributed by atoms with Gasteiger partial charge in [0.1, 0.15) is 29.9 Å². The summed E-state index contributed by atoms with van der Waals surface area (Å²) < 4.78 is 17.5. The minimum atomic E-state index is -0.869. The highest BCUT2D eigenvalue weighted by atomic mass is 16.6. The fourth-order valence-corrected chi connectivity index (χ4v) is 6.86. The Morgan fingerprint density at radius 3 is 2.41 bits per heavy atom. The van der Waals surface area contributed by atoms with Crippen LogP contribution in [0.2, 0.25) is 0 Å². The topological polar surface area (TPSA) is 145 Å². The first kappa shape index (κ1) is 38.2. The number of aromatic nitrogens is 1. The van der Waals surface area contributed by atoms with Gasteiger partial charge in [-0.25, -0.2) is 9.59 Å². The van der Waals surface area contributed by atoms with E-state index in [2.05, 4.69) is 4.98 Å². The summed E-state index contributed by atoms with van der Waals surface area (Å²) in [4.78, 5) is 61.9. The Kier molecular flexibility index (Phi) is 11.5. The highest BCUT2D eigenvalue weighted by Gasteiger charge is 2.34. The second-order valence-electron chi connectivity index (χ2n) is 14.7. The van der Waals surface area contributed by atoms with Gasteiger partial charge in [0.2, 0.25) is 0 Å². The van der Waals surface area contributed by atoms with Crippen LogP contribution >= 0.6 is 0 Å². The predicted octanol–water partition coefficient (Wildman–Crippen LogP) is 6.55. The van der Waals surface area contributed by atoms with Gasteiger partial charge in [0, 0.05) is 62.6 Å². The minimum Gasteiger partial charge on any atom is -0.492 e. The molecule has 0 bridgehead atoms. The summed E-state index contributed by atoms with van der Waals surface area (Å²) in [6.45, 7) is 3.88. The number of carboxylic acids is 1. The van der Waals surface area contributed by atoms with Crippen LogP contribution in [-0.4, -0.2) is 116 Å². The van der Waals surface area contributed by atoms with Crippen LogP contribution in [0.4, 0.5) is 15.3 Å². The van der Waals surface area contributed by atoms with Crippen molar-refractivity contribution in [3.05, 3.63) is 78.0 Å². The lowest BCUT2D eigenvalue weighted by atomic mass is 9.79. The number of amides is 3. The van der Waals surface area contributed by atoms with Crippen molar-refractivity contribution in [2.75, 3.05) is 65.9 Å². The molecule has 0 saturated heterocycles. The molecule has 2 N–H and O–H groups in total. The molecule has 3 amide bonds. The molecule has 0 radical (unpaired) electrons. The van der Waals surface area contributed by atoms with E-state index >= 15 is 0 Å². The molecule has 2 heterocycles. The summed E-state index contributed by atoms with van der Waals surface area (Å²) in [5, 5.41) is 12.2. The van der Waals surface area contributed by atoms with Crippen LogP contribution in [-0.2, 0) is 16.0 Å². The van der Waals surface area contributed by atoms with E-state index in [0.717, 1.165) is 39.5 Å². The van der Waals surface area contributed by atoms with E-state index in [0.29, 0.717) is 62.4 Å². The van der Waals surface area contributed by atoms with Crippen molar-refractivity contribution in [3.8, 4) is 11.5 Å². The highest BCUT2D eigenvalue weighted by Crippen LogP contribution is 2.41. The number of H-pyrrole nitrogens is 1. The molecule has 0 fully saturated rings. The predicted molar refractivity (Wildman–Crippen MR) is 207 cm³/mol. The average molecular weight is 740 g/mol. The lowest BCUT2D eigenvalue weighted by Crippen LogP contribution is -2.39. The molecule has 2 aliphatic rings. The number of nitrogens with one attached hydrogen (secondary N) is 1. The zero-order chi connectivity index (χ0) is 38.6. The third-order valence-corrected chi connectivity index (χ3v) is 10.4. The maximum absolute atomic E-state index is 14.0. The fraction of sp³-hybridized carbons (Fsp3) is 0.415. The van der Waals surface area contributed by atoms with Gasteiger partial charge >= 0.3 is 18.2 Å². The molecule has 13 heteroatoms. The van der Waals surface area contributed by atoms with Crippen LogP contribution in [0.25, 0.3) is 21.7 Å².